The molecule has 1 aromatic rings. The number of rotatable bonds is 38. The second-order valence-corrected chi connectivity index (χ2v) is 21.0. The second kappa shape index (κ2) is 32.5. The molecule has 1 saturated heterocycles. The van der Waals surface area contributed by atoms with Crippen molar-refractivity contribution in [1.29, 1.82) is 0 Å². The van der Waals surface area contributed by atoms with Crippen LogP contribution in [0.3, 0.4) is 0 Å². The van der Waals surface area contributed by atoms with Gasteiger partial charge in [0.15, 0.2) is 12.3 Å². The lowest BCUT2D eigenvalue weighted by atomic mass is 10.0. The molecule has 0 spiro atoms. The Morgan fingerprint density at radius 3 is 1.64 bits per heavy atom. The van der Waals surface area contributed by atoms with Crippen molar-refractivity contribution in [3.63, 3.8) is 0 Å². The molecule has 0 radical (unpaired) electrons. The van der Waals surface area contributed by atoms with Gasteiger partial charge in [-0.05, 0) is 30.7 Å². The molecular weight excluding hydrogens is 872 g/mol. The van der Waals surface area contributed by atoms with E-state index in [-0.39, 0.29) is 18.7 Å². The zero-order valence-electron chi connectivity index (χ0n) is 38.9. The number of nitrogens with two attached hydrogens (primary N) is 1. The third kappa shape index (κ3) is 26.8. The largest absolute Gasteiger partial charge is 0.481 e. The lowest BCUT2D eigenvalue weighted by Crippen LogP contribution is -2.36. The van der Waals surface area contributed by atoms with Gasteiger partial charge in [-0.3, -0.25) is 23.2 Å². The summed E-state index contributed by atoms with van der Waals surface area (Å²) in [7, 11) is -10.8. The molecule has 18 nitrogen and oxygen atoms in total. The van der Waals surface area contributed by atoms with Crippen molar-refractivity contribution < 1.29 is 66.3 Å². The maximum absolute atomic E-state index is 12.8. The topological polar surface area (TPSA) is 265 Å². The fraction of sp³-hybridized carbons (Fsp3) is 0.864. The van der Waals surface area contributed by atoms with Crippen LogP contribution in [0.5, 0.6) is 0 Å². The normalized spacial score (nSPS) is 20.0. The van der Waals surface area contributed by atoms with Crippen LogP contribution in [0.1, 0.15) is 188 Å². The van der Waals surface area contributed by atoms with Gasteiger partial charge in [0.1, 0.15) is 30.7 Å². The number of anilines is 1. The summed E-state index contributed by atoms with van der Waals surface area (Å²) in [5, 5.41) is 20.9. The molecule has 1 aliphatic rings. The van der Waals surface area contributed by atoms with Gasteiger partial charge in [0, 0.05) is 19.0 Å². The van der Waals surface area contributed by atoms with Gasteiger partial charge in [0.25, 0.3) is 0 Å². The number of aliphatic hydroxyl groups excluding tert-OH is 2. The first-order chi connectivity index (χ1) is 30.4. The summed E-state index contributed by atoms with van der Waals surface area (Å²) < 4.78 is 56.6. The number of ether oxygens (including phenoxy) is 3. The SMILES string of the molecule is CC(C)CCCCCCCCCCCCCCC(=O)OC[C@H](COP(=O)(O)OP(=O)(O)OC[C@H]1O[C@@H](n2ccc(N)nc2=O)C(O)[C@H]1O)OC(=O)CCCCCCCCCCC(C)C. The number of esters is 2. The van der Waals surface area contributed by atoms with Crippen molar-refractivity contribution in [2.45, 2.75) is 212 Å². The number of phosphoric ester groups is 2. The fourth-order valence-electron chi connectivity index (χ4n) is 7.33. The second-order valence-electron chi connectivity index (χ2n) is 17.9. The molecule has 0 aromatic carbocycles. The van der Waals surface area contributed by atoms with E-state index in [4.69, 9.17) is 29.0 Å². The third-order valence-corrected chi connectivity index (χ3v) is 13.6. The number of hydrogen-bond donors (Lipinski definition) is 5. The number of nitrogens with zero attached hydrogens (tertiary/aromatic N) is 2. The summed E-state index contributed by atoms with van der Waals surface area (Å²) in [6, 6.07) is 1.25. The minimum Gasteiger partial charge on any atom is -0.462 e. The van der Waals surface area contributed by atoms with Crippen LogP contribution in [-0.2, 0) is 46.3 Å². The number of phosphoric acid groups is 2. The summed E-state index contributed by atoms with van der Waals surface area (Å²) in [5.74, 6) is 0.207. The Balaban J connectivity index is 1.81. The number of carbonyl (C=O) groups excluding carboxylic acids is 2. The summed E-state index contributed by atoms with van der Waals surface area (Å²) in [6.07, 6.45) is 18.0. The van der Waals surface area contributed by atoms with Crippen molar-refractivity contribution >= 4 is 33.4 Å². The molecule has 0 bridgehead atoms. The zero-order chi connectivity index (χ0) is 47.4. The number of carbonyl (C=O) groups is 2. The van der Waals surface area contributed by atoms with Crippen molar-refractivity contribution in [3.05, 3.63) is 22.7 Å². The molecule has 20 heteroatoms. The Labute approximate surface area is 380 Å². The number of nitrogen functional groups attached to an aromatic ring is 1. The van der Waals surface area contributed by atoms with E-state index >= 15 is 0 Å². The predicted octanol–water partition coefficient (Wildman–Crippen LogP) is 8.82. The van der Waals surface area contributed by atoms with Crippen molar-refractivity contribution in [3.8, 4) is 0 Å². The van der Waals surface area contributed by atoms with E-state index in [1.807, 2.05) is 0 Å². The van der Waals surface area contributed by atoms with Crippen LogP contribution >= 0.6 is 15.6 Å². The summed E-state index contributed by atoms with van der Waals surface area (Å²) in [4.78, 5) is 61.7. The molecule has 64 heavy (non-hydrogen) atoms. The van der Waals surface area contributed by atoms with Crippen molar-refractivity contribution in [2.75, 3.05) is 25.6 Å². The van der Waals surface area contributed by atoms with Gasteiger partial charge in [-0.25, -0.2) is 13.9 Å². The molecule has 372 valence electrons. The predicted molar refractivity (Wildman–Crippen MR) is 243 cm³/mol. The van der Waals surface area contributed by atoms with Gasteiger partial charge in [0.2, 0.25) is 0 Å². The highest BCUT2D eigenvalue weighted by atomic mass is 31.3. The monoisotopic (exact) mass is 954 g/mol. The number of aliphatic hydroxyl groups is 2. The van der Waals surface area contributed by atoms with Gasteiger partial charge in [-0.2, -0.15) is 9.29 Å². The van der Waals surface area contributed by atoms with Gasteiger partial charge in [-0.1, -0.05) is 156 Å². The molecule has 7 atom stereocenters. The molecule has 1 aliphatic heterocycles. The molecule has 6 N–H and O–H groups in total. The summed E-state index contributed by atoms with van der Waals surface area (Å²) >= 11 is 0. The minimum atomic E-state index is -5.41. The maximum Gasteiger partial charge on any atom is 0.481 e. The van der Waals surface area contributed by atoms with E-state index < -0.39 is 83.7 Å². The number of hydrogen-bond acceptors (Lipinski definition) is 15. The molecule has 0 amide bonds. The Morgan fingerprint density at radius 1 is 0.703 bits per heavy atom. The minimum absolute atomic E-state index is 0.0539. The molecule has 1 fully saturated rings. The van der Waals surface area contributed by atoms with E-state index in [1.165, 1.54) is 89.3 Å². The molecule has 0 saturated carbocycles. The van der Waals surface area contributed by atoms with E-state index in [1.54, 1.807) is 0 Å². The average Bonchev–Trinajstić information content (AvgIpc) is 3.50. The Kier molecular flexibility index (Phi) is 29.4. The van der Waals surface area contributed by atoms with Crippen molar-refractivity contribution in [2.24, 2.45) is 11.8 Å². The number of unbranched alkanes of at least 4 members (excludes halogenated alkanes) is 18. The highest BCUT2D eigenvalue weighted by Crippen LogP contribution is 2.60. The third-order valence-electron chi connectivity index (χ3n) is 11.0. The molecular formula is C44H81N3O15P2. The Bertz CT molecular complexity index is 1600. The zero-order valence-corrected chi connectivity index (χ0v) is 40.7. The van der Waals surface area contributed by atoms with E-state index in [0.717, 1.165) is 61.9 Å². The highest BCUT2D eigenvalue weighted by Gasteiger charge is 2.46. The highest BCUT2D eigenvalue weighted by molar-refractivity contribution is 7.61. The standard InChI is InChI=1S/C44H81N3O15P2/c1-34(2)25-21-17-13-9-7-5-6-8-10-15-19-23-27-39(48)57-31-36(60-40(49)28-24-20-16-12-11-14-18-22-26-35(3)4)32-58-63(53,54)62-64(55,56)59-33-37-41(50)42(51)43(61-37)47-30-29-38(45)46-44(47)52/h29-30,34-37,41-43,50-51H,5-28,31-33H2,1-4H3,(H,53,54)(H,55,56)(H2,45,46,52)/t36-,37-,41+,42?,43-/m1/s1. The van der Waals surface area contributed by atoms with Crippen LogP contribution in [0, 0.1) is 11.8 Å². The Morgan fingerprint density at radius 2 is 1.16 bits per heavy atom. The molecule has 3 unspecified atom stereocenters. The van der Waals surface area contributed by atoms with Crippen LogP contribution in [0.15, 0.2) is 17.1 Å². The lowest BCUT2D eigenvalue weighted by molar-refractivity contribution is -0.161. The smallest absolute Gasteiger partial charge is 0.462 e. The van der Waals surface area contributed by atoms with Gasteiger partial charge >= 0.3 is 33.3 Å². The van der Waals surface area contributed by atoms with E-state index in [9.17, 15) is 43.5 Å². The van der Waals surface area contributed by atoms with Crippen LogP contribution < -0.4 is 11.4 Å². The van der Waals surface area contributed by atoms with Crippen LogP contribution in [0.4, 0.5) is 5.82 Å². The molecule has 0 aliphatic carbocycles. The lowest BCUT2D eigenvalue weighted by Gasteiger charge is -2.21. The molecule has 1 aromatic heterocycles. The van der Waals surface area contributed by atoms with Crippen LogP contribution in [-0.4, -0.2) is 85.7 Å². The summed E-state index contributed by atoms with van der Waals surface area (Å²) in [5.41, 5.74) is 4.58. The number of aromatic nitrogens is 2. The maximum atomic E-state index is 12.8. The van der Waals surface area contributed by atoms with Gasteiger partial charge < -0.3 is 39.9 Å². The first kappa shape index (κ1) is 57.9. The van der Waals surface area contributed by atoms with E-state index in [2.05, 4.69) is 37.0 Å². The summed E-state index contributed by atoms with van der Waals surface area (Å²) in [6.45, 7) is 6.70. The molecule has 2 rings (SSSR count). The van der Waals surface area contributed by atoms with E-state index in [0.29, 0.717) is 18.8 Å². The van der Waals surface area contributed by atoms with Gasteiger partial charge in [-0.15, -0.1) is 0 Å². The quantitative estimate of drug-likeness (QED) is 0.0235. The first-order valence-electron chi connectivity index (χ1n) is 23.8. The molecule has 2 heterocycles. The van der Waals surface area contributed by atoms with Crippen LogP contribution in [0.25, 0.3) is 0 Å². The van der Waals surface area contributed by atoms with Gasteiger partial charge in [0.05, 0.1) is 13.2 Å². The average molecular weight is 954 g/mol. The first-order valence-corrected chi connectivity index (χ1v) is 26.8. The van der Waals surface area contributed by atoms with Crippen LogP contribution in [0.2, 0.25) is 0 Å². The van der Waals surface area contributed by atoms with Crippen molar-refractivity contribution in [1.82, 2.24) is 9.55 Å². The fourth-order valence-corrected chi connectivity index (χ4v) is 9.44. The Hall–Kier alpha value is -2.24.